The number of epoxide rings is 1. The van der Waals surface area contributed by atoms with Crippen molar-refractivity contribution in [3.8, 4) is 11.8 Å². The van der Waals surface area contributed by atoms with Gasteiger partial charge in [-0.1, -0.05) is 0 Å². The summed E-state index contributed by atoms with van der Waals surface area (Å²) in [6.07, 6.45) is -6.00. The number of amidine groups is 1. The fourth-order valence-electron chi connectivity index (χ4n) is 4.03. The molecule has 2 saturated heterocycles. The molecular formula is C25H25F3N4O3S. The van der Waals surface area contributed by atoms with Gasteiger partial charge in [0.15, 0.2) is 5.11 Å². The average Bonchev–Trinajstić information content (AvgIpc) is 3.44. The van der Waals surface area contributed by atoms with Crippen LogP contribution in [-0.4, -0.2) is 39.7 Å². The molecule has 0 saturated carbocycles. The normalized spacial score (nSPS) is 22.8. The number of halogens is 3. The van der Waals surface area contributed by atoms with E-state index in [0.29, 0.717) is 11.5 Å². The van der Waals surface area contributed by atoms with Crippen molar-refractivity contribution in [2.24, 2.45) is 4.99 Å². The molecule has 2 fully saturated rings. The number of alkyl halides is 3. The van der Waals surface area contributed by atoms with Crippen LogP contribution in [0.3, 0.4) is 0 Å². The number of phenolic OH excluding ortho intramolecular Hbond substituents is 1. The summed E-state index contributed by atoms with van der Waals surface area (Å²) in [6, 6.07) is 11.3. The fraction of sp³-hybridized carbons (Fsp3) is 0.400. The number of thiocarbonyl (C=S) groups is 1. The van der Waals surface area contributed by atoms with Crippen LogP contribution < -0.4 is 9.80 Å². The van der Waals surface area contributed by atoms with Crippen LogP contribution in [0.25, 0.3) is 0 Å². The SMILES string of the molecule is CC(C)(C)OC1OC1N=C1N(c2ccc(C#N)c(C(F)(F)F)c2)C(=S)N(c2ccc(O)cc2)C1(C)C. The largest absolute Gasteiger partial charge is 0.508 e. The summed E-state index contributed by atoms with van der Waals surface area (Å²) in [5.41, 5.74) is -2.24. The molecule has 0 aliphatic carbocycles. The minimum atomic E-state index is -4.74. The van der Waals surface area contributed by atoms with E-state index in [1.54, 1.807) is 23.1 Å². The molecule has 0 bridgehead atoms. The topological polar surface area (TPSA) is 84.6 Å². The van der Waals surface area contributed by atoms with E-state index in [9.17, 15) is 23.5 Å². The summed E-state index contributed by atoms with van der Waals surface area (Å²) < 4.78 is 52.7. The lowest BCUT2D eigenvalue weighted by molar-refractivity contribution is -0.137. The molecule has 2 aromatic carbocycles. The fourth-order valence-corrected chi connectivity index (χ4v) is 4.55. The Labute approximate surface area is 212 Å². The Morgan fingerprint density at radius 2 is 1.72 bits per heavy atom. The molecule has 1 N–H and O–H groups in total. The molecule has 7 nitrogen and oxygen atoms in total. The first kappa shape index (κ1) is 25.9. The van der Waals surface area contributed by atoms with Crippen LogP contribution in [0.2, 0.25) is 0 Å². The molecule has 2 aliphatic rings. The summed E-state index contributed by atoms with van der Waals surface area (Å²) in [5, 5.41) is 19.1. The Bertz CT molecular complexity index is 1260. The highest BCUT2D eigenvalue weighted by molar-refractivity contribution is 7.81. The minimum Gasteiger partial charge on any atom is -0.508 e. The van der Waals surface area contributed by atoms with E-state index < -0.39 is 41.0 Å². The van der Waals surface area contributed by atoms with Gasteiger partial charge in [-0.2, -0.15) is 18.4 Å². The predicted octanol–water partition coefficient (Wildman–Crippen LogP) is 5.57. The highest BCUT2D eigenvalue weighted by Crippen LogP contribution is 2.41. The molecule has 0 aromatic heterocycles. The maximum Gasteiger partial charge on any atom is 0.417 e. The van der Waals surface area contributed by atoms with Crippen molar-refractivity contribution >= 4 is 34.5 Å². The van der Waals surface area contributed by atoms with Crippen molar-refractivity contribution in [3.05, 3.63) is 53.6 Å². The molecule has 36 heavy (non-hydrogen) atoms. The number of nitrogens with zero attached hydrogens (tertiary/aromatic N) is 4. The number of benzene rings is 2. The summed E-state index contributed by atoms with van der Waals surface area (Å²) in [7, 11) is 0. The number of hydrogen-bond donors (Lipinski definition) is 1. The second-order valence-corrected chi connectivity index (χ2v) is 10.3. The molecule has 4 rings (SSSR count). The smallest absolute Gasteiger partial charge is 0.417 e. The maximum atomic E-state index is 13.8. The van der Waals surface area contributed by atoms with Crippen molar-refractivity contribution in [2.45, 2.75) is 64.5 Å². The lowest BCUT2D eigenvalue weighted by atomic mass is 10.0. The summed E-state index contributed by atoms with van der Waals surface area (Å²) in [5.74, 6) is 0.409. The lowest BCUT2D eigenvalue weighted by Gasteiger charge is -2.31. The van der Waals surface area contributed by atoms with E-state index in [-0.39, 0.29) is 16.5 Å². The Hall–Kier alpha value is -3.20. The van der Waals surface area contributed by atoms with Crippen molar-refractivity contribution in [2.75, 3.05) is 9.80 Å². The van der Waals surface area contributed by atoms with Crippen LogP contribution in [-0.2, 0) is 15.7 Å². The number of aliphatic imine (C=N–C) groups is 1. The van der Waals surface area contributed by atoms with Gasteiger partial charge in [0.2, 0.25) is 12.5 Å². The third kappa shape index (κ3) is 4.89. The molecule has 0 spiro atoms. The quantitative estimate of drug-likeness (QED) is 0.419. The molecule has 0 radical (unpaired) electrons. The third-order valence-electron chi connectivity index (χ3n) is 5.64. The van der Waals surface area contributed by atoms with Gasteiger partial charge in [-0.3, -0.25) is 4.90 Å². The summed E-state index contributed by atoms with van der Waals surface area (Å²) >= 11 is 5.76. The highest BCUT2D eigenvalue weighted by atomic mass is 32.1. The van der Waals surface area contributed by atoms with Crippen LogP contribution in [0.1, 0.15) is 45.7 Å². The Kier molecular flexibility index (Phi) is 6.27. The Morgan fingerprint density at radius 1 is 1.11 bits per heavy atom. The van der Waals surface area contributed by atoms with Crippen molar-refractivity contribution in [1.29, 1.82) is 5.26 Å². The van der Waals surface area contributed by atoms with Gasteiger partial charge in [0.05, 0.1) is 34.0 Å². The second kappa shape index (κ2) is 8.73. The van der Waals surface area contributed by atoms with Gasteiger partial charge in [0, 0.05) is 5.69 Å². The van der Waals surface area contributed by atoms with Gasteiger partial charge in [-0.25, -0.2) is 4.99 Å². The van der Waals surface area contributed by atoms with Gasteiger partial charge in [0.25, 0.3) is 0 Å². The average molecular weight is 519 g/mol. The lowest BCUT2D eigenvalue weighted by Crippen LogP contribution is -2.44. The molecule has 2 aliphatic heterocycles. The van der Waals surface area contributed by atoms with Gasteiger partial charge in [-0.15, -0.1) is 0 Å². The highest BCUT2D eigenvalue weighted by Gasteiger charge is 2.52. The molecule has 11 heteroatoms. The van der Waals surface area contributed by atoms with Crippen LogP contribution in [0, 0.1) is 11.3 Å². The first-order valence-corrected chi connectivity index (χ1v) is 11.5. The molecule has 2 unspecified atom stereocenters. The number of ether oxygens (including phenoxy) is 2. The van der Waals surface area contributed by atoms with E-state index in [1.165, 1.54) is 23.1 Å². The van der Waals surface area contributed by atoms with Gasteiger partial charge in [0.1, 0.15) is 11.6 Å². The van der Waals surface area contributed by atoms with Crippen LogP contribution in [0.4, 0.5) is 24.5 Å². The zero-order valence-corrected chi connectivity index (χ0v) is 21.1. The first-order chi connectivity index (χ1) is 16.6. The number of aromatic hydroxyl groups is 1. The Balaban J connectivity index is 1.84. The number of phenols is 1. The monoisotopic (exact) mass is 518 g/mol. The van der Waals surface area contributed by atoms with Gasteiger partial charge < -0.3 is 19.5 Å². The van der Waals surface area contributed by atoms with Crippen molar-refractivity contribution in [3.63, 3.8) is 0 Å². The molecule has 0 amide bonds. The first-order valence-electron chi connectivity index (χ1n) is 11.1. The molecular weight excluding hydrogens is 493 g/mol. The second-order valence-electron chi connectivity index (χ2n) is 9.95. The van der Waals surface area contributed by atoms with E-state index in [1.807, 2.05) is 34.6 Å². The van der Waals surface area contributed by atoms with Crippen molar-refractivity contribution in [1.82, 2.24) is 0 Å². The molecule has 2 atom stereocenters. The zero-order chi connectivity index (χ0) is 26.6. The number of anilines is 2. The predicted molar refractivity (Wildman–Crippen MR) is 133 cm³/mol. The van der Waals surface area contributed by atoms with E-state index in [0.717, 1.165) is 12.1 Å². The zero-order valence-electron chi connectivity index (χ0n) is 20.3. The minimum absolute atomic E-state index is 0.0582. The van der Waals surface area contributed by atoms with Gasteiger partial charge >= 0.3 is 6.18 Å². The molecule has 190 valence electrons. The van der Waals surface area contributed by atoms with E-state index in [2.05, 4.69) is 0 Å². The van der Waals surface area contributed by atoms with Gasteiger partial charge in [-0.05, 0) is 89.3 Å². The summed E-state index contributed by atoms with van der Waals surface area (Å²) in [6.45, 7) is 9.30. The Morgan fingerprint density at radius 3 is 2.28 bits per heavy atom. The number of nitriles is 1. The van der Waals surface area contributed by atoms with Crippen molar-refractivity contribution < 1.29 is 27.8 Å². The van der Waals surface area contributed by atoms with E-state index >= 15 is 0 Å². The molecule has 2 aromatic rings. The van der Waals surface area contributed by atoms with Crippen LogP contribution in [0.5, 0.6) is 5.75 Å². The number of rotatable bonds is 4. The molecule has 2 heterocycles. The summed E-state index contributed by atoms with van der Waals surface area (Å²) in [4.78, 5) is 7.91. The van der Waals surface area contributed by atoms with Crippen LogP contribution in [0.15, 0.2) is 47.5 Å². The third-order valence-corrected chi connectivity index (χ3v) is 6.01. The standard InChI is InChI=1S/C25H25F3N4O3S/c1-23(2,3)35-20-19(34-20)30-21-24(4,5)32(15-8-10-17(33)11-9-15)22(36)31(21)16-7-6-14(13-29)18(12-16)25(26,27)28/h6-12,19-20,33H,1-5H3. The van der Waals surface area contributed by atoms with Crippen LogP contribution >= 0.6 is 12.2 Å². The number of hydrogen-bond acceptors (Lipinski definition) is 6. The maximum absolute atomic E-state index is 13.8. The van der Waals surface area contributed by atoms with E-state index in [4.69, 9.17) is 26.7 Å².